The van der Waals surface area contributed by atoms with Gasteiger partial charge in [-0.25, -0.2) is 8.78 Å². The lowest BCUT2D eigenvalue weighted by Crippen LogP contribution is -2.08. The highest BCUT2D eigenvalue weighted by molar-refractivity contribution is 5.89. The Bertz CT molecular complexity index is 671. The zero-order valence-electron chi connectivity index (χ0n) is 11.8. The highest BCUT2D eigenvalue weighted by Gasteiger charge is 2.05. The van der Waals surface area contributed by atoms with Crippen LogP contribution in [0, 0.1) is 18.6 Å². The number of amides is 1. The van der Waals surface area contributed by atoms with Crippen molar-refractivity contribution in [2.75, 3.05) is 10.6 Å². The Hall–Kier alpha value is -2.43. The number of anilines is 2. The maximum Gasteiger partial charge on any atom is 0.221 e. The van der Waals surface area contributed by atoms with Crippen molar-refractivity contribution in [3.8, 4) is 0 Å². The fourth-order valence-electron chi connectivity index (χ4n) is 1.98. The number of aryl methyl sites for hydroxylation is 1. The van der Waals surface area contributed by atoms with E-state index in [1.807, 2.05) is 13.0 Å². The van der Waals surface area contributed by atoms with Crippen molar-refractivity contribution in [3.63, 3.8) is 0 Å². The molecule has 110 valence electrons. The molecule has 0 saturated carbocycles. The molecule has 0 heterocycles. The second-order valence-corrected chi connectivity index (χ2v) is 4.80. The van der Waals surface area contributed by atoms with E-state index in [4.69, 9.17) is 0 Å². The molecule has 0 bridgehead atoms. The van der Waals surface area contributed by atoms with E-state index >= 15 is 0 Å². The van der Waals surface area contributed by atoms with Crippen LogP contribution in [-0.4, -0.2) is 5.91 Å². The summed E-state index contributed by atoms with van der Waals surface area (Å²) in [5, 5.41) is 5.75. The first-order valence-electron chi connectivity index (χ1n) is 6.52. The van der Waals surface area contributed by atoms with Crippen molar-refractivity contribution in [2.24, 2.45) is 0 Å². The summed E-state index contributed by atoms with van der Waals surface area (Å²) in [7, 11) is 0. The maximum absolute atomic E-state index is 13.5. The van der Waals surface area contributed by atoms with Crippen LogP contribution in [-0.2, 0) is 11.3 Å². The molecule has 0 aliphatic heterocycles. The van der Waals surface area contributed by atoms with E-state index in [2.05, 4.69) is 10.6 Å². The van der Waals surface area contributed by atoms with Gasteiger partial charge in [0, 0.05) is 30.4 Å². The van der Waals surface area contributed by atoms with Gasteiger partial charge in [0.05, 0.1) is 0 Å². The summed E-state index contributed by atoms with van der Waals surface area (Å²) in [6.45, 7) is 3.49. The van der Waals surface area contributed by atoms with Crippen LogP contribution in [0.1, 0.15) is 18.1 Å². The van der Waals surface area contributed by atoms with E-state index < -0.39 is 11.6 Å². The van der Waals surface area contributed by atoms with Gasteiger partial charge >= 0.3 is 0 Å². The minimum Gasteiger partial charge on any atom is -0.381 e. The lowest BCUT2D eigenvalue weighted by Gasteiger charge is -2.11. The van der Waals surface area contributed by atoms with Gasteiger partial charge in [0.2, 0.25) is 5.91 Å². The van der Waals surface area contributed by atoms with Crippen molar-refractivity contribution >= 4 is 17.3 Å². The molecule has 2 rings (SSSR count). The molecule has 3 nitrogen and oxygen atoms in total. The standard InChI is InChI=1S/C16H16F2N2O/c1-10-7-14(4-6-16(10)20-11(2)21)19-9-12-8-13(17)3-5-15(12)18/h3-8,19H,9H2,1-2H3,(H,20,21). The number of hydrogen-bond acceptors (Lipinski definition) is 2. The first kappa shape index (κ1) is 15.0. The first-order valence-corrected chi connectivity index (χ1v) is 6.52. The van der Waals surface area contributed by atoms with E-state index in [0.29, 0.717) is 0 Å². The van der Waals surface area contributed by atoms with Crippen molar-refractivity contribution in [2.45, 2.75) is 20.4 Å². The smallest absolute Gasteiger partial charge is 0.221 e. The molecule has 0 aromatic heterocycles. The van der Waals surface area contributed by atoms with Crippen molar-refractivity contribution in [1.29, 1.82) is 0 Å². The Morgan fingerprint density at radius 3 is 2.57 bits per heavy atom. The average Bonchev–Trinajstić information content (AvgIpc) is 2.42. The largest absolute Gasteiger partial charge is 0.381 e. The van der Waals surface area contributed by atoms with Crippen LogP contribution in [0.25, 0.3) is 0 Å². The lowest BCUT2D eigenvalue weighted by atomic mass is 10.1. The molecule has 21 heavy (non-hydrogen) atoms. The van der Waals surface area contributed by atoms with Gasteiger partial charge in [-0.05, 0) is 48.9 Å². The minimum atomic E-state index is -0.467. The molecule has 0 spiro atoms. The molecule has 2 aromatic rings. The van der Waals surface area contributed by atoms with E-state index in [1.54, 1.807) is 12.1 Å². The van der Waals surface area contributed by atoms with E-state index in [1.165, 1.54) is 13.0 Å². The van der Waals surface area contributed by atoms with Gasteiger partial charge in [-0.3, -0.25) is 4.79 Å². The third kappa shape index (κ3) is 4.02. The second-order valence-electron chi connectivity index (χ2n) is 4.80. The average molecular weight is 290 g/mol. The molecule has 0 radical (unpaired) electrons. The second kappa shape index (κ2) is 6.35. The summed E-state index contributed by atoms with van der Waals surface area (Å²) in [5.74, 6) is -1.05. The van der Waals surface area contributed by atoms with Crippen LogP contribution in [0.5, 0.6) is 0 Å². The summed E-state index contributed by atoms with van der Waals surface area (Å²) in [6, 6.07) is 8.74. The van der Waals surface area contributed by atoms with Gasteiger partial charge in [0.1, 0.15) is 11.6 Å². The van der Waals surface area contributed by atoms with Gasteiger partial charge in [-0.1, -0.05) is 0 Å². The fraction of sp³-hybridized carbons (Fsp3) is 0.188. The lowest BCUT2D eigenvalue weighted by molar-refractivity contribution is -0.114. The summed E-state index contributed by atoms with van der Waals surface area (Å²) >= 11 is 0. The SMILES string of the molecule is CC(=O)Nc1ccc(NCc2cc(F)ccc2F)cc1C. The topological polar surface area (TPSA) is 41.1 Å². The Labute approximate surface area is 122 Å². The number of hydrogen-bond donors (Lipinski definition) is 2. The molecule has 0 aliphatic carbocycles. The fourth-order valence-corrected chi connectivity index (χ4v) is 1.98. The van der Waals surface area contributed by atoms with Crippen molar-refractivity contribution in [1.82, 2.24) is 0 Å². The number of carbonyl (C=O) groups excluding carboxylic acids is 1. The number of rotatable bonds is 4. The third-order valence-electron chi connectivity index (χ3n) is 3.03. The van der Waals surface area contributed by atoms with Gasteiger partial charge in [0.25, 0.3) is 0 Å². The summed E-state index contributed by atoms with van der Waals surface area (Å²) < 4.78 is 26.6. The van der Waals surface area contributed by atoms with Crippen LogP contribution in [0.3, 0.4) is 0 Å². The quantitative estimate of drug-likeness (QED) is 0.898. The van der Waals surface area contributed by atoms with Crippen LogP contribution in [0.4, 0.5) is 20.2 Å². The first-order chi connectivity index (χ1) is 9.95. The van der Waals surface area contributed by atoms with Crippen molar-refractivity contribution in [3.05, 3.63) is 59.2 Å². The third-order valence-corrected chi connectivity index (χ3v) is 3.03. The molecule has 5 heteroatoms. The van der Waals surface area contributed by atoms with Crippen molar-refractivity contribution < 1.29 is 13.6 Å². The van der Waals surface area contributed by atoms with Crippen LogP contribution >= 0.6 is 0 Å². The van der Waals surface area contributed by atoms with Gasteiger partial charge in [-0.15, -0.1) is 0 Å². The molecule has 0 atom stereocenters. The summed E-state index contributed by atoms with van der Waals surface area (Å²) in [5.41, 5.74) is 2.64. The van der Waals surface area contributed by atoms with Gasteiger partial charge < -0.3 is 10.6 Å². The number of halogens is 2. The zero-order valence-corrected chi connectivity index (χ0v) is 11.8. The van der Waals surface area contributed by atoms with Crippen LogP contribution < -0.4 is 10.6 Å². The normalized spacial score (nSPS) is 10.3. The van der Waals surface area contributed by atoms with E-state index in [0.717, 1.165) is 29.1 Å². The van der Waals surface area contributed by atoms with Crippen LogP contribution in [0.2, 0.25) is 0 Å². The summed E-state index contributed by atoms with van der Waals surface area (Å²) in [4.78, 5) is 11.0. The van der Waals surface area contributed by atoms with Gasteiger partial charge in [0.15, 0.2) is 0 Å². The molecule has 0 aliphatic rings. The number of benzene rings is 2. The van der Waals surface area contributed by atoms with Gasteiger partial charge in [-0.2, -0.15) is 0 Å². The van der Waals surface area contributed by atoms with E-state index in [9.17, 15) is 13.6 Å². The molecule has 0 saturated heterocycles. The minimum absolute atomic E-state index is 0.138. The number of nitrogens with one attached hydrogen (secondary N) is 2. The Morgan fingerprint density at radius 2 is 1.90 bits per heavy atom. The Balaban J connectivity index is 2.08. The molecule has 0 fully saturated rings. The molecule has 2 aromatic carbocycles. The Kier molecular flexibility index (Phi) is 4.52. The highest BCUT2D eigenvalue weighted by atomic mass is 19.1. The molecule has 2 N–H and O–H groups in total. The van der Waals surface area contributed by atoms with Crippen LogP contribution in [0.15, 0.2) is 36.4 Å². The Morgan fingerprint density at radius 1 is 1.14 bits per heavy atom. The predicted octanol–water partition coefficient (Wildman–Crippen LogP) is 3.84. The van der Waals surface area contributed by atoms with E-state index in [-0.39, 0.29) is 18.0 Å². The monoisotopic (exact) mass is 290 g/mol. The molecule has 0 unspecified atom stereocenters. The predicted molar refractivity (Wildman–Crippen MR) is 79.2 cm³/mol. The molecular formula is C16H16F2N2O. The summed E-state index contributed by atoms with van der Waals surface area (Å²) in [6.07, 6.45) is 0. The highest BCUT2D eigenvalue weighted by Crippen LogP contribution is 2.20. The molecule has 1 amide bonds. The maximum atomic E-state index is 13.5. The molecular weight excluding hydrogens is 274 g/mol. The number of carbonyl (C=O) groups is 1. The zero-order chi connectivity index (χ0) is 15.4.